The van der Waals surface area contributed by atoms with Gasteiger partial charge in [-0.25, -0.2) is 0 Å². The number of carbonyl (C=O) groups is 2. The zero-order valence-electron chi connectivity index (χ0n) is 21.8. The number of hydrogen-bond acceptors (Lipinski definition) is 3. The lowest BCUT2D eigenvalue weighted by molar-refractivity contribution is -0.117. The summed E-state index contributed by atoms with van der Waals surface area (Å²) in [5.74, 6) is 0.0195. The van der Waals surface area contributed by atoms with E-state index in [-0.39, 0.29) is 11.8 Å². The van der Waals surface area contributed by atoms with Crippen molar-refractivity contribution in [3.05, 3.63) is 35.4 Å². The molecule has 0 bridgehead atoms. The van der Waals surface area contributed by atoms with Crippen LogP contribution in [-0.4, -0.2) is 36.3 Å². The molecule has 0 heterocycles. The van der Waals surface area contributed by atoms with Gasteiger partial charge in [-0.3, -0.25) is 14.5 Å². The predicted octanol–water partition coefficient (Wildman–Crippen LogP) is 7.00. The van der Waals surface area contributed by atoms with Crippen LogP contribution in [0.3, 0.4) is 0 Å². The molecule has 0 aliphatic heterocycles. The van der Waals surface area contributed by atoms with Crippen LogP contribution >= 0.6 is 0 Å². The molecule has 33 heavy (non-hydrogen) atoms. The van der Waals surface area contributed by atoms with Crippen molar-refractivity contribution in [3.8, 4) is 0 Å². The third-order valence-electron chi connectivity index (χ3n) is 6.14. The van der Waals surface area contributed by atoms with Gasteiger partial charge in [0.1, 0.15) is 0 Å². The lowest BCUT2D eigenvalue weighted by atomic mass is 10.1. The summed E-state index contributed by atoms with van der Waals surface area (Å²) in [4.78, 5) is 27.0. The fourth-order valence-electron chi connectivity index (χ4n) is 3.85. The Morgan fingerprint density at radius 2 is 1.45 bits per heavy atom. The van der Waals surface area contributed by atoms with E-state index >= 15 is 0 Å². The number of anilines is 2. The molecule has 0 aliphatic carbocycles. The van der Waals surface area contributed by atoms with Gasteiger partial charge in [0.2, 0.25) is 11.8 Å². The summed E-state index contributed by atoms with van der Waals surface area (Å²) in [5.41, 5.74) is 3.48. The van der Waals surface area contributed by atoms with E-state index in [0.29, 0.717) is 13.0 Å². The molecule has 2 N–H and O–H groups in total. The minimum Gasteiger partial charge on any atom is -0.326 e. The molecule has 0 unspecified atom stereocenters. The van der Waals surface area contributed by atoms with Crippen molar-refractivity contribution in [3.63, 3.8) is 0 Å². The molecular formula is C28H47N3O2. The Labute approximate surface area is 202 Å². The Morgan fingerprint density at radius 1 is 0.818 bits per heavy atom. The van der Waals surface area contributed by atoms with E-state index in [4.69, 9.17) is 0 Å². The molecule has 0 saturated heterocycles. The normalized spacial score (nSPS) is 11.3. The van der Waals surface area contributed by atoms with Gasteiger partial charge in [-0.15, -0.1) is 0 Å². The second kappa shape index (κ2) is 17.4. The van der Waals surface area contributed by atoms with Crippen molar-refractivity contribution in [2.45, 2.75) is 98.8 Å². The van der Waals surface area contributed by atoms with Crippen molar-refractivity contribution < 1.29 is 9.59 Å². The predicted molar refractivity (Wildman–Crippen MR) is 142 cm³/mol. The van der Waals surface area contributed by atoms with Crippen molar-refractivity contribution in [1.29, 1.82) is 0 Å². The summed E-state index contributed by atoms with van der Waals surface area (Å²) >= 11 is 0. The highest BCUT2D eigenvalue weighted by Gasteiger charge is 2.14. The van der Waals surface area contributed by atoms with Crippen LogP contribution in [0.25, 0.3) is 0 Å². The number of rotatable bonds is 17. The number of amides is 2. The average Bonchev–Trinajstić information content (AvgIpc) is 2.80. The van der Waals surface area contributed by atoms with Gasteiger partial charge in [-0.05, 0) is 69.8 Å². The first-order chi connectivity index (χ1) is 15.9. The number of nitrogens with one attached hydrogen (secondary N) is 2. The van der Waals surface area contributed by atoms with Crippen LogP contribution in [0, 0.1) is 13.8 Å². The minimum atomic E-state index is -0.0233. The topological polar surface area (TPSA) is 61.4 Å². The van der Waals surface area contributed by atoms with E-state index in [1.165, 1.54) is 44.9 Å². The SMILES string of the molecule is CCCC/C=C\CCCCCCCC(=O)Nc1ccc(C)c(NC(=O)CN(CC)CC)c1C. The first kappa shape index (κ1) is 28.9. The molecule has 0 fully saturated rings. The van der Waals surface area contributed by atoms with Gasteiger partial charge in [0.25, 0.3) is 0 Å². The Morgan fingerprint density at radius 3 is 2.12 bits per heavy atom. The molecule has 0 aromatic heterocycles. The second-order valence-electron chi connectivity index (χ2n) is 8.91. The van der Waals surface area contributed by atoms with Crippen LogP contribution in [-0.2, 0) is 9.59 Å². The molecule has 5 heteroatoms. The van der Waals surface area contributed by atoms with E-state index in [1.807, 2.05) is 26.0 Å². The van der Waals surface area contributed by atoms with Gasteiger partial charge in [-0.1, -0.05) is 71.1 Å². The van der Waals surface area contributed by atoms with Crippen molar-refractivity contribution in [2.75, 3.05) is 30.3 Å². The number of likely N-dealkylation sites (N-methyl/N-ethyl adjacent to an activating group) is 1. The van der Waals surface area contributed by atoms with Crippen LogP contribution in [0.15, 0.2) is 24.3 Å². The van der Waals surface area contributed by atoms with Gasteiger partial charge < -0.3 is 10.6 Å². The molecule has 5 nitrogen and oxygen atoms in total. The summed E-state index contributed by atoms with van der Waals surface area (Å²) < 4.78 is 0. The van der Waals surface area contributed by atoms with Crippen LogP contribution < -0.4 is 10.6 Å². The molecule has 0 radical (unpaired) electrons. The lowest BCUT2D eigenvalue weighted by Gasteiger charge is -2.20. The summed E-state index contributed by atoms with van der Waals surface area (Å²) in [6, 6.07) is 3.88. The van der Waals surface area contributed by atoms with Gasteiger partial charge in [0.05, 0.1) is 6.54 Å². The monoisotopic (exact) mass is 457 g/mol. The van der Waals surface area contributed by atoms with Gasteiger partial charge in [-0.2, -0.15) is 0 Å². The Bertz CT molecular complexity index is 739. The fourth-order valence-corrected chi connectivity index (χ4v) is 3.85. The summed E-state index contributed by atoms with van der Waals surface area (Å²) in [6.45, 7) is 12.3. The van der Waals surface area contributed by atoms with Crippen LogP contribution in [0.5, 0.6) is 0 Å². The summed E-state index contributed by atoms with van der Waals surface area (Å²) in [7, 11) is 0. The Hall–Kier alpha value is -2.14. The average molecular weight is 458 g/mol. The highest BCUT2D eigenvalue weighted by molar-refractivity contribution is 5.97. The second-order valence-corrected chi connectivity index (χ2v) is 8.91. The lowest BCUT2D eigenvalue weighted by Crippen LogP contribution is -2.33. The van der Waals surface area contributed by atoms with E-state index in [9.17, 15) is 9.59 Å². The molecule has 0 saturated carbocycles. The first-order valence-electron chi connectivity index (χ1n) is 13.0. The Kier molecular flexibility index (Phi) is 15.2. The maximum Gasteiger partial charge on any atom is 0.238 e. The number of allylic oxidation sites excluding steroid dienone is 2. The van der Waals surface area contributed by atoms with Gasteiger partial charge >= 0.3 is 0 Å². The number of aryl methyl sites for hydroxylation is 1. The van der Waals surface area contributed by atoms with Crippen molar-refractivity contribution >= 4 is 23.2 Å². The largest absolute Gasteiger partial charge is 0.326 e. The quantitative estimate of drug-likeness (QED) is 0.195. The van der Waals surface area contributed by atoms with E-state index in [1.54, 1.807) is 0 Å². The highest BCUT2D eigenvalue weighted by Crippen LogP contribution is 2.27. The first-order valence-corrected chi connectivity index (χ1v) is 13.0. The minimum absolute atomic E-state index is 0.0233. The van der Waals surface area contributed by atoms with Crippen molar-refractivity contribution in [2.24, 2.45) is 0 Å². The third kappa shape index (κ3) is 12.0. The number of hydrogen-bond donors (Lipinski definition) is 2. The van der Waals surface area contributed by atoms with Gasteiger partial charge in [0.15, 0.2) is 0 Å². The van der Waals surface area contributed by atoms with Crippen LogP contribution in [0.2, 0.25) is 0 Å². The summed E-state index contributed by atoms with van der Waals surface area (Å²) in [6.07, 6.45) is 15.7. The zero-order chi connectivity index (χ0) is 24.5. The fraction of sp³-hybridized carbons (Fsp3) is 0.643. The molecule has 0 aliphatic rings. The smallest absolute Gasteiger partial charge is 0.238 e. The van der Waals surface area contributed by atoms with Crippen LogP contribution in [0.1, 0.15) is 96.1 Å². The summed E-state index contributed by atoms with van der Waals surface area (Å²) in [5, 5.41) is 6.09. The maximum absolute atomic E-state index is 12.5. The van der Waals surface area contributed by atoms with Crippen LogP contribution in [0.4, 0.5) is 11.4 Å². The molecular weight excluding hydrogens is 410 g/mol. The Balaban J connectivity index is 2.40. The number of unbranched alkanes of at least 4 members (excludes halogenated alkanes) is 7. The number of carbonyl (C=O) groups excluding carboxylic acids is 2. The standard InChI is InChI=1S/C28H47N3O2/c1-6-9-10-11-12-13-14-15-16-17-18-19-26(32)29-25-21-20-23(4)28(24(25)5)30-27(33)22-31(7-2)8-3/h11-12,20-21H,6-10,13-19,22H2,1-5H3,(H,29,32)(H,30,33)/b12-11-. The van der Waals surface area contributed by atoms with E-state index in [0.717, 1.165) is 48.4 Å². The molecule has 0 atom stereocenters. The van der Waals surface area contributed by atoms with Crippen molar-refractivity contribution in [1.82, 2.24) is 4.90 Å². The number of nitrogens with zero attached hydrogens (tertiary/aromatic N) is 1. The molecule has 2 amide bonds. The molecule has 1 aromatic rings. The molecule has 1 aromatic carbocycles. The zero-order valence-corrected chi connectivity index (χ0v) is 21.8. The number of benzene rings is 1. The molecule has 1 rings (SSSR count). The molecule has 186 valence electrons. The molecule has 0 spiro atoms. The third-order valence-corrected chi connectivity index (χ3v) is 6.14. The highest BCUT2D eigenvalue weighted by atomic mass is 16.2. The van der Waals surface area contributed by atoms with E-state index < -0.39 is 0 Å². The van der Waals surface area contributed by atoms with Gasteiger partial charge in [0, 0.05) is 17.8 Å². The maximum atomic E-state index is 12.5. The van der Waals surface area contributed by atoms with E-state index in [2.05, 4.69) is 48.5 Å².